The summed E-state index contributed by atoms with van der Waals surface area (Å²) in [6.45, 7) is 11.1. The molecule has 0 aliphatic heterocycles. The summed E-state index contributed by atoms with van der Waals surface area (Å²) in [7, 11) is 0. The van der Waals surface area contributed by atoms with E-state index in [1.807, 2.05) is 0 Å². The van der Waals surface area contributed by atoms with Crippen LogP contribution in [-0.2, 0) is 13.1 Å². The molecular formula is C18H30N2. The molecule has 1 atom stereocenters. The predicted octanol–water partition coefficient (Wildman–Crippen LogP) is 3.81. The van der Waals surface area contributed by atoms with Gasteiger partial charge >= 0.3 is 0 Å². The van der Waals surface area contributed by atoms with E-state index in [0.717, 1.165) is 38.1 Å². The third-order valence-electron chi connectivity index (χ3n) is 4.59. The lowest BCUT2D eigenvalue weighted by Crippen LogP contribution is -2.30. The smallest absolute Gasteiger partial charge is 0.0236 e. The Morgan fingerprint density at radius 1 is 1.10 bits per heavy atom. The van der Waals surface area contributed by atoms with Gasteiger partial charge < -0.3 is 5.32 Å². The summed E-state index contributed by atoms with van der Waals surface area (Å²) < 4.78 is 0. The topological polar surface area (TPSA) is 15.3 Å². The molecule has 2 nitrogen and oxygen atoms in total. The van der Waals surface area contributed by atoms with E-state index >= 15 is 0 Å². The second-order valence-electron chi connectivity index (χ2n) is 5.96. The summed E-state index contributed by atoms with van der Waals surface area (Å²) in [4.78, 5) is 2.48. The van der Waals surface area contributed by atoms with E-state index in [0.29, 0.717) is 0 Å². The largest absolute Gasteiger partial charge is 0.310 e. The number of hydrogen-bond donors (Lipinski definition) is 1. The van der Waals surface area contributed by atoms with Crippen LogP contribution in [0.15, 0.2) is 24.3 Å². The van der Waals surface area contributed by atoms with Gasteiger partial charge in [0.1, 0.15) is 0 Å². The lowest BCUT2D eigenvalue weighted by atomic mass is 10.0. The van der Waals surface area contributed by atoms with E-state index < -0.39 is 0 Å². The van der Waals surface area contributed by atoms with Crippen LogP contribution in [0.4, 0.5) is 0 Å². The fraction of sp³-hybridized carbons (Fsp3) is 0.667. The van der Waals surface area contributed by atoms with Gasteiger partial charge in [-0.25, -0.2) is 0 Å². The molecule has 20 heavy (non-hydrogen) atoms. The Kier molecular flexibility index (Phi) is 6.06. The predicted molar refractivity (Wildman–Crippen MR) is 86.7 cm³/mol. The highest BCUT2D eigenvalue weighted by atomic mass is 15.1. The minimum Gasteiger partial charge on any atom is -0.310 e. The van der Waals surface area contributed by atoms with Gasteiger partial charge in [-0.1, -0.05) is 45.0 Å². The van der Waals surface area contributed by atoms with Crippen molar-refractivity contribution in [1.29, 1.82) is 0 Å². The van der Waals surface area contributed by atoms with Gasteiger partial charge in [0.05, 0.1) is 0 Å². The Bertz CT molecular complexity index is 394. The highest BCUT2D eigenvalue weighted by molar-refractivity contribution is 5.27. The zero-order valence-electron chi connectivity index (χ0n) is 13.4. The normalized spacial score (nSPS) is 16.6. The number of hydrogen-bond acceptors (Lipinski definition) is 2. The maximum absolute atomic E-state index is 3.78. The molecule has 0 heterocycles. The Balaban J connectivity index is 1.96. The molecule has 1 unspecified atom stereocenters. The van der Waals surface area contributed by atoms with Gasteiger partial charge in [0.15, 0.2) is 0 Å². The van der Waals surface area contributed by atoms with Gasteiger partial charge in [0, 0.05) is 19.1 Å². The van der Waals surface area contributed by atoms with Crippen molar-refractivity contribution in [3.63, 3.8) is 0 Å². The van der Waals surface area contributed by atoms with Gasteiger partial charge in [-0.2, -0.15) is 0 Å². The minimum absolute atomic E-state index is 0.719. The van der Waals surface area contributed by atoms with Crippen molar-refractivity contribution < 1.29 is 0 Å². The molecule has 1 aromatic carbocycles. The van der Waals surface area contributed by atoms with Crippen molar-refractivity contribution in [3.8, 4) is 0 Å². The fourth-order valence-corrected chi connectivity index (χ4v) is 2.96. The van der Waals surface area contributed by atoms with Gasteiger partial charge in [0.25, 0.3) is 0 Å². The van der Waals surface area contributed by atoms with Crippen LogP contribution in [-0.4, -0.2) is 24.0 Å². The molecule has 0 saturated heterocycles. The number of benzene rings is 1. The summed E-state index contributed by atoms with van der Waals surface area (Å²) in [5.41, 5.74) is 2.95. The van der Waals surface area contributed by atoms with E-state index in [1.54, 1.807) is 0 Å². The summed E-state index contributed by atoms with van der Waals surface area (Å²) >= 11 is 0. The van der Waals surface area contributed by atoms with Gasteiger partial charge in [-0.05, 0) is 49.4 Å². The lowest BCUT2D eigenvalue weighted by Gasteiger charge is -2.22. The van der Waals surface area contributed by atoms with Gasteiger partial charge in [-0.3, -0.25) is 4.90 Å². The van der Waals surface area contributed by atoms with Crippen molar-refractivity contribution >= 4 is 0 Å². The van der Waals surface area contributed by atoms with Crippen LogP contribution in [0.5, 0.6) is 0 Å². The van der Waals surface area contributed by atoms with E-state index in [9.17, 15) is 0 Å². The molecule has 0 radical (unpaired) electrons. The molecule has 2 heteroatoms. The number of nitrogens with zero attached hydrogens (tertiary/aromatic N) is 1. The number of rotatable bonds is 9. The zero-order valence-corrected chi connectivity index (χ0v) is 13.4. The molecule has 1 fully saturated rings. The van der Waals surface area contributed by atoms with Crippen molar-refractivity contribution in [1.82, 2.24) is 10.2 Å². The van der Waals surface area contributed by atoms with Crippen LogP contribution < -0.4 is 5.32 Å². The molecule has 1 saturated carbocycles. The molecule has 1 N–H and O–H groups in total. The molecule has 112 valence electrons. The lowest BCUT2D eigenvalue weighted by molar-refractivity contribution is 0.294. The highest BCUT2D eigenvalue weighted by Crippen LogP contribution is 2.34. The summed E-state index contributed by atoms with van der Waals surface area (Å²) in [6, 6.07) is 9.62. The first-order valence-electron chi connectivity index (χ1n) is 8.30. The number of nitrogens with one attached hydrogen (secondary N) is 1. The molecule has 0 aromatic heterocycles. The second kappa shape index (κ2) is 7.80. The highest BCUT2D eigenvalue weighted by Gasteiger charge is 2.29. The molecule has 0 amide bonds. The maximum atomic E-state index is 3.78. The van der Waals surface area contributed by atoms with E-state index in [1.165, 1.54) is 30.4 Å². The third-order valence-corrected chi connectivity index (χ3v) is 4.59. The average Bonchev–Trinajstić information content (AvgIpc) is 3.31. The summed E-state index contributed by atoms with van der Waals surface area (Å²) in [5.74, 6) is 0.940. The van der Waals surface area contributed by atoms with Crippen LogP contribution in [0.2, 0.25) is 0 Å². The molecule has 1 aliphatic rings. The Labute approximate surface area is 124 Å². The zero-order chi connectivity index (χ0) is 14.4. The van der Waals surface area contributed by atoms with Gasteiger partial charge in [0.2, 0.25) is 0 Å². The standard InChI is InChI=1S/C18H30N2/c1-4-18(15-11-12-15)19-13-16-9-7-8-10-17(16)14-20(5-2)6-3/h7-10,15,18-19H,4-6,11-14H2,1-3H3. The van der Waals surface area contributed by atoms with E-state index in [-0.39, 0.29) is 0 Å². The molecule has 0 spiro atoms. The van der Waals surface area contributed by atoms with Crippen molar-refractivity contribution in [2.45, 2.75) is 59.2 Å². The summed E-state index contributed by atoms with van der Waals surface area (Å²) in [5, 5.41) is 3.78. The Morgan fingerprint density at radius 2 is 1.75 bits per heavy atom. The molecular weight excluding hydrogens is 244 g/mol. The van der Waals surface area contributed by atoms with Crippen LogP contribution in [0.3, 0.4) is 0 Å². The Hall–Kier alpha value is -0.860. The first-order chi connectivity index (χ1) is 9.78. The maximum Gasteiger partial charge on any atom is 0.0236 e. The molecule has 1 aromatic rings. The minimum atomic E-state index is 0.719. The van der Waals surface area contributed by atoms with Crippen LogP contribution in [0.25, 0.3) is 0 Å². The second-order valence-corrected chi connectivity index (χ2v) is 5.96. The average molecular weight is 274 g/mol. The third kappa shape index (κ3) is 4.32. The van der Waals surface area contributed by atoms with E-state index in [4.69, 9.17) is 0 Å². The molecule has 2 rings (SSSR count). The molecule has 1 aliphatic carbocycles. The quantitative estimate of drug-likeness (QED) is 0.736. The van der Waals surface area contributed by atoms with Crippen LogP contribution in [0.1, 0.15) is 51.2 Å². The Morgan fingerprint density at radius 3 is 2.30 bits per heavy atom. The molecule has 0 bridgehead atoms. The van der Waals surface area contributed by atoms with Crippen LogP contribution in [0, 0.1) is 5.92 Å². The van der Waals surface area contributed by atoms with Gasteiger partial charge in [-0.15, -0.1) is 0 Å². The SMILES string of the molecule is CCC(NCc1ccccc1CN(CC)CC)C1CC1. The van der Waals surface area contributed by atoms with Crippen molar-refractivity contribution in [2.24, 2.45) is 5.92 Å². The first kappa shape index (κ1) is 15.5. The fourth-order valence-electron chi connectivity index (χ4n) is 2.96. The van der Waals surface area contributed by atoms with E-state index in [2.05, 4.69) is 55.3 Å². The monoisotopic (exact) mass is 274 g/mol. The summed E-state index contributed by atoms with van der Waals surface area (Å²) in [6.07, 6.45) is 4.10. The van der Waals surface area contributed by atoms with Crippen molar-refractivity contribution in [3.05, 3.63) is 35.4 Å². The van der Waals surface area contributed by atoms with Crippen molar-refractivity contribution in [2.75, 3.05) is 13.1 Å². The van der Waals surface area contributed by atoms with Crippen LogP contribution >= 0.6 is 0 Å². The first-order valence-corrected chi connectivity index (χ1v) is 8.30.